The number of halogens is 1. The first-order valence-electron chi connectivity index (χ1n) is 4.63. The number of rotatable bonds is 3. The van der Waals surface area contributed by atoms with E-state index in [2.05, 4.69) is 4.98 Å². The lowest BCUT2D eigenvalue weighted by molar-refractivity contribution is 0.112. The van der Waals surface area contributed by atoms with Crippen molar-refractivity contribution in [3.05, 3.63) is 53.2 Å². The van der Waals surface area contributed by atoms with Crippen molar-refractivity contribution in [2.45, 2.75) is 9.92 Å². The molecule has 0 saturated heterocycles. The number of nitrogens with zero attached hydrogens (tertiary/aromatic N) is 1. The standard InChI is InChI=1S/C12H8ClNOS/c13-10-3-1-2-4-11(10)16-12-6-5-9(8-15)7-14-12/h1-8H. The molecule has 0 spiro atoms. The third-order valence-corrected chi connectivity index (χ3v) is 3.41. The fraction of sp³-hybridized carbons (Fsp3) is 0. The molecule has 0 N–H and O–H groups in total. The summed E-state index contributed by atoms with van der Waals surface area (Å²) in [6.07, 6.45) is 2.32. The zero-order chi connectivity index (χ0) is 11.4. The lowest BCUT2D eigenvalue weighted by atomic mass is 10.3. The van der Waals surface area contributed by atoms with Gasteiger partial charge in [0.25, 0.3) is 0 Å². The highest BCUT2D eigenvalue weighted by atomic mass is 35.5. The quantitative estimate of drug-likeness (QED) is 0.777. The summed E-state index contributed by atoms with van der Waals surface area (Å²) < 4.78 is 0. The number of pyridine rings is 1. The van der Waals surface area contributed by atoms with E-state index in [1.165, 1.54) is 11.8 Å². The first kappa shape index (κ1) is 11.2. The molecule has 2 nitrogen and oxygen atoms in total. The maximum atomic E-state index is 10.5. The molecular weight excluding hydrogens is 242 g/mol. The highest BCUT2D eigenvalue weighted by Crippen LogP contribution is 2.31. The van der Waals surface area contributed by atoms with E-state index >= 15 is 0 Å². The molecule has 16 heavy (non-hydrogen) atoms. The minimum atomic E-state index is 0.573. The molecule has 0 saturated carbocycles. The molecule has 1 aromatic heterocycles. The Morgan fingerprint density at radius 1 is 1.19 bits per heavy atom. The summed E-state index contributed by atoms with van der Waals surface area (Å²) in [5.74, 6) is 0. The van der Waals surface area contributed by atoms with E-state index in [-0.39, 0.29) is 0 Å². The van der Waals surface area contributed by atoms with Gasteiger partial charge in [-0.25, -0.2) is 4.98 Å². The van der Waals surface area contributed by atoms with Gasteiger partial charge in [0.1, 0.15) is 5.03 Å². The Labute approximate surface area is 103 Å². The van der Waals surface area contributed by atoms with Gasteiger partial charge in [-0.1, -0.05) is 35.5 Å². The normalized spacial score (nSPS) is 10.1. The van der Waals surface area contributed by atoms with Crippen molar-refractivity contribution >= 4 is 29.6 Å². The Hall–Kier alpha value is -1.32. The van der Waals surface area contributed by atoms with Crippen LogP contribution in [0, 0.1) is 0 Å². The van der Waals surface area contributed by atoms with Crippen LogP contribution in [0.4, 0.5) is 0 Å². The van der Waals surface area contributed by atoms with Crippen LogP contribution in [0.2, 0.25) is 5.02 Å². The number of carbonyl (C=O) groups excluding carboxylic acids is 1. The second-order valence-electron chi connectivity index (χ2n) is 3.08. The molecular formula is C12H8ClNOS. The van der Waals surface area contributed by atoms with Gasteiger partial charge in [-0.2, -0.15) is 0 Å². The zero-order valence-electron chi connectivity index (χ0n) is 8.26. The van der Waals surface area contributed by atoms with Crippen LogP contribution < -0.4 is 0 Å². The molecule has 1 aromatic carbocycles. The molecule has 80 valence electrons. The third kappa shape index (κ3) is 2.62. The molecule has 4 heteroatoms. The number of carbonyl (C=O) groups is 1. The van der Waals surface area contributed by atoms with Crippen LogP contribution in [0.1, 0.15) is 10.4 Å². The summed E-state index contributed by atoms with van der Waals surface area (Å²) in [6.45, 7) is 0. The van der Waals surface area contributed by atoms with E-state index in [4.69, 9.17) is 11.6 Å². The van der Waals surface area contributed by atoms with Crippen LogP contribution in [0.3, 0.4) is 0 Å². The molecule has 0 bridgehead atoms. The van der Waals surface area contributed by atoms with Crippen molar-refractivity contribution in [1.82, 2.24) is 4.98 Å². The van der Waals surface area contributed by atoms with Crippen LogP contribution in [0.5, 0.6) is 0 Å². The highest BCUT2D eigenvalue weighted by Gasteiger charge is 2.02. The van der Waals surface area contributed by atoms with Gasteiger partial charge in [0.15, 0.2) is 6.29 Å². The van der Waals surface area contributed by atoms with Gasteiger partial charge in [0.05, 0.1) is 5.02 Å². The van der Waals surface area contributed by atoms with Crippen molar-refractivity contribution in [3.63, 3.8) is 0 Å². The van der Waals surface area contributed by atoms with E-state index in [0.29, 0.717) is 10.6 Å². The largest absolute Gasteiger partial charge is 0.298 e. The lowest BCUT2D eigenvalue weighted by Gasteiger charge is -2.02. The predicted molar refractivity (Wildman–Crippen MR) is 65.2 cm³/mol. The summed E-state index contributed by atoms with van der Waals surface area (Å²) in [7, 11) is 0. The number of hydrogen-bond donors (Lipinski definition) is 0. The maximum absolute atomic E-state index is 10.5. The van der Waals surface area contributed by atoms with Crippen LogP contribution >= 0.6 is 23.4 Å². The monoisotopic (exact) mass is 249 g/mol. The minimum Gasteiger partial charge on any atom is -0.298 e. The van der Waals surface area contributed by atoms with Gasteiger partial charge >= 0.3 is 0 Å². The number of benzene rings is 1. The van der Waals surface area contributed by atoms with E-state index < -0.39 is 0 Å². The summed E-state index contributed by atoms with van der Waals surface area (Å²) >= 11 is 7.50. The fourth-order valence-corrected chi connectivity index (χ4v) is 2.19. The Bertz CT molecular complexity index is 499. The molecule has 0 atom stereocenters. The Balaban J connectivity index is 2.21. The average Bonchev–Trinajstić information content (AvgIpc) is 2.33. The molecule has 0 radical (unpaired) electrons. The zero-order valence-corrected chi connectivity index (χ0v) is 9.83. The topological polar surface area (TPSA) is 30.0 Å². The van der Waals surface area contributed by atoms with Crippen molar-refractivity contribution in [2.24, 2.45) is 0 Å². The Morgan fingerprint density at radius 3 is 2.62 bits per heavy atom. The molecule has 0 aliphatic carbocycles. The van der Waals surface area contributed by atoms with Crippen molar-refractivity contribution in [2.75, 3.05) is 0 Å². The number of hydrogen-bond acceptors (Lipinski definition) is 3. The molecule has 1 heterocycles. The van der Waals surface area contributed by atoms with Crippen molar-refractivity contribution in [1.29, 1.82) is 0 Å². The molecule has 0 unspecified atom stereocenters. The second-order valence-corrected chi connectivity index (χ2v) is 4.55. The maximum Gasteiger partial charge on any atom is 0.151 e. The first-order valence-corrected chi connectivity index (χ1v) is 5.82. The fourth-order valence-electron chi connectivity index (χ4n) is 1.16. The van der Waals surface area contributed by atoms with Gasteiger partial charge in [-0.05, 0) is 24.3 Å². The van der Waals surface area contributed by atoms with E-state index in [1.807, 2.05) is 24.3 Å². The van der Waals surface area contributed by atoms with Crippen LogP contribution in [-0.2, 0) is 0 Å². The first-order chi connectivity index (χ1) is 7.79. The summed E-state index contributed by atoms with van der Waals surface area (Å²) in [5, 5.41) is 1.52. The van der Waals surface area contributed by atoms with Crippen LogP contribution in [0.15, 0.2) is 52.5 Å². The van der Waals surface area contributed by atoms with Gasteiger partial charge in [0, 0.05) is 16.7 Å². The van der Waals surface area contributed by atoms with Crippen LogP contribution in [0.25, 0.3) is 0 Å². The van der Waals surface area contributed by atoms with Gasteiger partial charge < -0.3 is 0 Å². The molecule has 0 amide bonds. The van der Waals surface area contributed by atoms with Gasteiger partial charge in [-0.3, -0.25) is 4.79 Å². The molecule has 0 fully saturated rings. The van der Waals surface area contributed by atoms with Crippen LogP contribution in [-0.4, -0.2) is 11.3 Å². The van der Waals surface area contributed by atoms with Gasteiger partial charge in [-0.15, -0.1) is 0 Å². The summed E-state index contributed by atoms with van der Waals surface area (Å²) in [5.41, 5.74) is 0.573. The van der Waals surface area contributed by atoms with Crippen molar-refractivity contribution in [3.8, 4) is 0 Å². The highest BCUT2D eigenvalue weighted by molar-refractivity contribution is 7.99. The van der Waals surface area contributed by atoms with E-state index in [0.717, 1.165) is 16.2 Å². The van der Waals surface area contributed by atoms with Gasteiger partial charge in [0.2, 0.25) is 0 Å². The number of aromatic nitrogens is 1. The van der Waals surface area contributed by atoms with E-state index in [1.54, 1.807) is 18.3 Å². The third-order valence-electron chi connectivity index (χ3n) is 1.95. The second kappa shape index (κ2) is 5.14. The summed E-state index contributed by atoms with van der Waals surface area (Å²) in [4.78, 5) is 15.6. The lowest BCUT2D eigenvalue weighted by Crippen LogP contribution is -1.84. The Morgan fingerprint density at radius 2 is 2.00 bits per heavy atom. The Kier molecular flexibility index (Phi) is 3.59. The SMILES string of the molecule is O=Cc1ccc(Sc2ccccc2Cl)nc1. The molecule has 2 aromatic rings. The van der Waals surface area contributed by atoms with E-state index in [9.17, 15) is 4.79 Å². The summed E-state index contributed by atoms with van der Waals surface area (Å²) in [6, 6.07) is 11.1. The molecule has 2 rings (SSSR count). The minimum absolute atomic E-state index is 0.573. The average molecular weight is 250 g/mol. The smallest absolute Gasteiger partial charge is 0.151 e. The predicted octanol–water partition coefficient (Wildman–Crippen LogP) is 3.70. The number of aldehydes is 1. The molecule has 0 aliphatic heterocycles. The van der Waals surface area contributed by atoms with Crippen molar-refractivity contribution < 1.29 is 4.79 Å². The molecule has 0 aliphatic rings.